The van der Waals surface area contributed by atoms with Crippen LogP contribution in [0, 0.1) is 0 Å². The fourth-order valence-electron chi connectivity index (χ4n) is 2.88. The molecule has 0 aromatic heterocycles. The van der Waals surface area contributed by atoms with Crippen molar-refractivity contribution in [2.75, 3.05) is 27.9 Å². The Morgan fingerprint density at radius 1 is 0.885 bits per heavy atom. The highest BCUT2D eigenvalue weighted by atomic mass is 16.5. The molecule has 0 atom stereocenters. The van der Waals surface area contributed by atoms with E-state index in [1.54, 1.807) is 34.3 Å². The van der Waals surface area contributed by atoms with Crippen molar-refractivity contribution in [3.05, 3.63) is 53.1 Å². The van der Waals surface area contributed by atoms with Crippen LogP contribution in [0.2, 0.25) is 0 Å². The molecule has 0 heterocycles. The lowest BCUT2D eigenvalue weighted by Crippen LogP contribution is -2.22. The Labute approximate surface area is 155 Å². The van der Waals surface area contributed by atoms with Gasteiger partial charge in [-0.2, -0.15) is 0 Å². The van der Waals surface area contributed by atoms with Crippen LogP contribution in [0.25, 0.3) is 0 Å². The molecule has 5 heteroatoms. The van der Waals surface area contributed by atoms with Gasteiger partial charge in [0.05, 0.1) is 21.3 Å². The predicted octanol–water partition coefficient (Wildman–Crippen LogP) is 3.94. The van der Waals surface area contributed by atoms with Crippen LogP contribution in [0.3, 0.4) is 0 Å². The second-order valence-corrected chi connectivity index (χ2v) is 6.08. The number of methoxy groups -OCH3 is 3. The van der Waals surface area contributed by atoms with Crippen molar-refractivity contribution in [3.63, 3.8) is 0 Å². The number of hydrogen-bond donors (Lipinski definition) is 0. The third-order valence-corrected chi connectivity index (χ3v) is 4.38. The molecule has 0 bridgehead atoms. The molecule has 0 spiro atoms. The Morgan fingerprint density at radius 3 is 2.12 bits per heavy atom. The molecular weight excluding hydrogens is 330 g/mol. The van der Waals surface area contributed by atoms with Crippen LogP contribution in [-0.4, -0.2) is 38.6 Å². The molecule has 0 aliphatic rings. The molecule has 26 heavy (non-hydrogen) atoms. The highest BCUT2D eigenvalue weighted by molar-refractivity contribution is 5.94. The van der Waals surface area contributed by atoms with E-state index in [2.05, 4.69) is 11.8 Å². The number of carbonyl (C=O) groups is 1. The van der Waals surface area contributed by atoms with E-state index in [0.29, 0.717) is 12.1 Å². The zero-order valence-corrected chi connectivity index (χ0v) is 16.2. The molecule has 2 rings (SSSR count). The van der Waals surface area contributed by atoms with E-state index >= 15 is 0 Å². The van der Waals surface area contributed by atoms with Crippen LogP contribution in [0.15, 0.2) is 36.4 Å². The molecule has 0 saturated carbocycles. The number of nitrogens with zero attached hydrogens (tertiary/aromatic N) is 1. The summed E-state index contributed by atoms with van der Waals surface area (Å²) in [6, 6.07) is 11.5. The monoisotopic (exact) mass is 357 g/mol. The maximum Gasteiger partial charge on any atom is 0.161 e. The largest absolute Gasteiger partial charge is 0.496 e. The van der Waals surface area contributed by atoms with Crippen molar-refractivity contribution in [1.29, 1.82) is 0 Å². The van der Waals surface area contributed by atoms with Gasteiger partial charge in [-0.3, -0.25) is 9.69 Å². The first kappa shape index (κ1) is 19.8. The fraction of sp³-hybridized carbons (Fsp3) is 0.381. The van der Waals surface area contributed by atoms with Crippen molar-refractivity contribution in [1.82, 2.24) is 4.90 Å². The second-order valence-electron chi connectivity index (χ2n) is 6.08. The fourth-order valence-corrected chi connectivity index (χ4v) is 2.88. The summed E-state index contributed by atoms with van der Waals surface area (Å²) < 4.78 is 16.2. The maximum atomic E-state index is 11.7. The normalized spacial score (nSPS) is 10.7. The third-order valence-electron chi connectivity index (χ3n) is 4.38. The molecule has 0 saturated heterocycles. The minimum Gasteiger partial charge on any atom is -0.496 e. The summed E-state index contributed by atoms with van der Waals surface area (Å²) in [5, 5.41) is 0. The number of Topliss-reactive ketones (excluding diaryl/α,β-unsaturated/α-hetero) is 1. The summed E-state index contributed by atoms with van der Waals surface area (Å²) in [5.41, 5.74) is 2.83. The molecule has 0 unspecified atom stereocenters. The summed E-state index contributed by atoms with van der Waals surface area (Å²) in [6.07, 6.45) is 0. The van der Waals surface area contributed by atoms with Crippen molar-refractivity contribution in [2.45, 2.75) is 26.9 Å². The highest BCUT2D eigenvalue weighted by Gasteiger charge is 2.13. The third kappa shape index (κ3) is 4.76. The van der Waals surface area contributed by atoms with Gasteiger partial charge in [0.15, 0.2) is 17.3 Å². The number of hydrogen-bond acceptors (Lipinski definition) is 5. The minimum absolute atomic E-state index is 0.0526. The summed E-state index contributed by atoms with van der Waals surface area (Å²) in [6.45, 7) is 6.00. The van der Waals surface area contributed by atoms with Gasteiger partial charge in [0, 0.05) is 24.2 Å². The summed E-state index contributed by atoms with van der Waals surface area (Å²) in [5.74, 6) is 2.28. The maximum absolute atomic E-state index is 11.7. The summed E-state index contributed by atoms with van der Waals surface area (Å²) >= 11 is 0. The summed E-state index contributed by atoms with van der Waals surface area (Å²) in [4.78, 5) is 14.0. The van der Waals surface area contributed by atoms with Crippen LogP contribution < -0.4 is 14.2 Å². The summed E-state index contributed by atoms with van der Waals surface area (Å²) in [7, 11) is 4.92. The van der Waals surface area contributed by atoms with Gasteiger partial charge in [-0.25, -0.2) is 0 Å². The zero-order valence-electron chi connectivity index (χ0n) is 16.2. The Kier molecular flexibility index (Phi) is 7.04. The van der Waals surface area contributed by atoms with Crippen molar-refractivity contribution >= 4 is 5.78 Å². The van der Waals surface area contributed by atoms with Gasteiger partial charge in [-0.05, 0) is 49.4 Å². The SMILES string of the molecule is CCN(Cc1ccc(OC)c(OC)c1)Cc1cc(C(C)=O)ccc1OC. The Morgan fingerprint density at radius 2 is 1.54 bits per heavy atom. The van der Waals surface area contributed by atoms with E-state index in [-0.39, 0.29) is 5.78 Å². The molecule has 0 aliphatic carbocycles. The Balaban J connectivity index is 2.22. The van der Waals surface area contributed by atoms with Crippen molar-refractivity contribution < 1.29 is 19.0 Å². The van der Waals surface area contributed by atoms with E-state index in [1.807, 2.05) is 30.3 Å². The number of ketones is 1. The van der Waals surface area contributed by atoms with E-state index in [1.165, 1.54) is 0 Å². The molecule has 0 aliphatic heterocycles. The van der Waals surface area contributed by atoms with Crippen molar-refractivity contribution in [3.8, 4) is 17.2 Å². The quantitative estimate of drug-likeness (QED) is 0.636. The average molecular weight is 357 g/mol. The lowest BCUT2D eigenvalue weighted by atomic mass is 10.1. The topological polar surface area (TPSA) is 48.0 Å². The Hall–Kier alpha value is -2.53. The van der Waals surface area contributed by atoms with Gasteiger partial charge in [0.2, 0.25) is 0 Å². The van der Waals surface area contributed by atoms with Crippen LogP contribution in [0.5, 0.6) is 17.2 Å². The zero-order chi connectivity index (χ0) is 19.1. The Bertz CT molecular complexity index is 758. The van der Waals surface area contributed by atoms with Crippen LogP contribution >= 0.6 is 0 Å². The standard InChI is InChI=1S/C21H27NO4/c1-6-22(13-16-7-9-20(25-4)21(11-16)26-5)14-18-12-17(15(2)23)8-10-19(18)24-3/h7-12H,6,13-14H2,1-5H3. The molecule has 0 amide bonds. The molecule has 0 fully saturated rings. The van der Waals surface area contributed by atoms with Gasteiger partial charge in [0.25, 0.3) is 0 Å². The molecule has 140 valence electrons. The average Bonchev–Trinajstić information content (AvgIpc) is 2.66. The van der Waals surface area contributed by atoms with Gasteiger partial charge in [0.1, 0.15) is 5.75 Å². The van der Waals surface area contributed by atoms with Gasteiger partial charge >= 0.3 is 0 Å². The molecule has 0 N–H and O–H groups in total. The molecule has 0 radical (unpaired) electrons. The second kappa shape index (κ2) is 9.25. The minimum atomic E-state index is 0.0526. The van der Waals surface area contributed by atoms with Gasteiger partial charge in [-0.15, -0.1) is 0 Å². The first-order valence-electron chi connectivity index (χ1n) is 8.63. The van der Waals surface area contributed by atoms with E-state index < -0.39 is 0 Å². The van der Waals surface area contributed by atoms with Gasteiger partial charge < -0.3 is 14.2 Å². The predicted molar refractivity (Wildman–Crippen MR) is 102 cm³/mol. The smallest absolute Gasteiger partial charge is 0.161 e. The number of ether oxygens (including phenoxy) is 3. The van der Waals surface area contributed by atoms with Crippen molar-refractivity contribution in [2.24, 2.45) is 0 Å². The first-order chi connectivity index (χ1) is 12.5. The lowest BCUT2D eigenvalue weighted by molar-refractivity contribution is 0.101. The molecule has 2 aromatic carbocycles. The number of carbonyl (C=O) groups excluding carboxylic acids is 1. The molecule has 5 nitrogen and oxygen atoms in total. The first-order valence-corrected chi connectivity index (χ1v) is 8.63. The van der Waals surface area contributed by atoms with E-state index in [9.17, 15) is 4.79 Å². The van der Waals surface area contributed by atoms with E-state index in [0.717, 1.165) is 41.5 Å². The molecular formula is C21H27NO4. The number of rotatable bonds is 9. The van der Waals surface area contributed by atoms with Gasteiger partial charge in [-0.1, -0.05) is 13.0 Å². The molecule has 2 aromatic rings. The highest BCUT2D eigenvalue weighted by Crippen LogP contribution is 2.29. The van der Waals surface area contributed by atoms with Crippen LogP contribution in [-0.2, 0) is 13.1 Å². The number of benzene rings is 2. The lowest BCUT2D eigenvalue weighted by Gasteiger charge is -2.22. The van der Waals surface area contributed by atoms with Crippen LogP contribution in [0.4, 0.5) is 0 Å². The van der Waals surface area contributed by atoms with Crippen LogP contribution in [0.1, 0.15) is 35.3 Å². The van der Waals surface area contributed by atoms with E-state index in [4.69, 9.17) is 14.2 Å².